The highest BCUT2D eigenvalue weighted by atomic mass is 35.5. The number of nitrogens with zero attached hydrogens (tertiary/aromatic N) is 1. The molecule has 1 atom stereocenters. The van der Waals surface area contributed by atoms with Gasteiger partial charge in [-0.2, -0.15) is 0 Å². The Kier molecular flexibility index (Phi) is 2.06. The predicted molar refractivity (Wildman–Crippen MR) is 41.0 cm³/mol. The lowest BCUT2D eigenvalue weighted by Crippen LogP contribution is -1.85. The van der Waals surface area contributed by atoms with Gasteiger partial charge < -0.3 is 0 Å². The molecule has 1 aliphatic rings. The first kappa shape index (κ1) is 6.56. The van der Waals surface area contributed by atoms with Crippen molar-refractivity contribution in [1.29, 1.82) is 0 Å². The van der Waals surface area contributed by atoms with E-state index in [4.69, 9.17) is 11.6 Å². The van der Waals surface area contributed by atoms with E-state index in [0.717, 1.165) is 5.57 Å². The zero-order valence-electron chi connectivity index (χ0n) is 5.21. The molecular weight excluding hydrogens is 134 g/mol. The molecule has 1 heterocycles. The van der Waals surface area contributed by atoms with Crippen molar-refractivity contribution in [3.63, 3.8) is 0 Å². The highest BCUT2D eigenvalue weighted by Gasteiger charge is 1.94. The van der Waals surface area contributed by atoms with Gasteiger partial charge in [-0.15, -0.1) is 0 Å². The zero-order valence-corrected chi connectivity index (χ0v) is 5.97. The van der Waals surface area contributed by atoms with Gasteiger partial charge in [0.15, 0.2) is 0 Å². The number of rotatable bonds is 0. The fourth-order valence-electron chi connectivity index (χ4n) is 0.581. The molecule has 1 unspecified atom stereocenters. The number of hydrogen-bond donors (Lipinski definition) is 0. The van der Waals surface area contributed by atoms with E-state index < -0.39 is 0 Å². The van der Waals surface area contributed by atoms with Gasteiger partial charge in [0.2, 0.25) is 0 Å². The van der Waals surface area contributed by atoms with E-state index in [0.29, 0.717) is 0 Å². The van der Waals surface area contributed by atoms with Gasteiger partial charge in [-0.25, -0.2) is 0 Å². The molecule has 2 heteroatoms. The van der Waals surface area contributed by atoms with E-state index in [1.807, 2.05) is 25.2 Å². The van der Waals surface area contributed by atoms with Crippen molar-refractivity contribution < 1.29 is 0 Å². The molecule has 0 spiro atoms. The minimum atomic E-state index is -0.182. The van der Waals surface area contributed by atoms with E-state index in [2.05, 4.69) is 4.99 Å². The normalized spacial score (nSPS) is 25.6. The van der Waals surface area contributed by atoms with Gasteiger partial charge >= 0.3 is 0 Å². The number of aliphatic imine (C=N–C) groups is 1. The van der Waals surface area contributed by atoms with E-state index in [1.165, 1.54) is 0 Å². The summed E-state index contributed by atoms with van der Waals surface area (Å²) in [6.45, 7) is 1.99. The summed E-state index contributed by atoms with van der Waals surface area (Å²) in [5, 5.41) is 0. The molecule has 1 nitrogen and oxygen atoms in total. The maximum absolute atomic E-state index is 5.67. The Bertz CT molecular complexity index is 179. The molecule has 0 aliphatic carbocycles. The van der Waals surface area contributed by atoms with Crippen LogP contribution in [0.15, 0.2) is 28.8 Å². The average molecular weight is 142 g/mol. The molecule has 0 aromatic carbocycles. The smallest absolute Gasteiger partial charge is 0.142 e. The quantitative estimate of drug-likeness (QED) is 0.362. The highest BCUT2D eigenvalue weighted by Crippen LogP contribution is 2.04. The second kappa shape index (κ2) is 2.83. The van der Waals surface area contributed by atoms with Crippen molar-refractivity contribution in [2.45, 2.75) is 12.4 Å². The van der Waals surface area contributed by atoms with Crippen molar-refractivity contribution >= 4 is 17.8 Å². The van der Waals surface area contributed by atoms with Gasteiger partial charge in [0.1, 0.15) is 5.50 Å². The topological polar surface area (TPSA) is 12.4 Å². The lowest BCUT2D eigenvalue weighted by atomic mass is 10.3. The van der Waals surface area contributed by atoms with Crippen LogP contribution in [0.1, 0.15) is 6.92 Å². The van der Waals surface area contributed by atoms with Crippen molar-refractivity contribution in [3.8, 4) is 0 Å². The monoisotopic (exact) mass is 141 g/mol. The zero-order chi connectivity index (χ0) is 6.69. The molecule has 0 radical (unpaired) electrons. The summed E-state index contributed by atoms with van der Waals surface area (Å²) in [4.78, 5) is 3.99. The lowest BCUT2D eigenvalue weighted by Gasteiger charge is -1.89. The van der Waals surface area contributed by atoms with Gasteiger partial charge in [0.25, 0.3) is 0 Å². The van der Waals surface area contributed by atoms with Crippen LogP contribution in [0.5, 0.6) is 0 Å². The fraction of sp³-hybridized carbons (Fsp3) is 0.286. The van der Waals surface area contributed by atoms with Crippen molar-refractivity contribution in [3.05, 3.63) is 23.8 Å². The van der Waals surface area contributed by atoms with Crippen LogP contribution in [-0.2, 0) is 0 Å². The van der Waals surface area contributed by atoms with Crippen LogP contribution in [0.3, 0.4) is 0 Å². The number of halogens is 1. The van der Waals surface area contributed by atoms with Gasteiger partial charge in [0.05, 0.1) is 0 Å². The SMILES string of the molecule is CC1=CC=CC(Cl)N=C1. The van der Waals surface area contributed by atoms with Crippen LogP contribution in [0.25, 0.3) is 0 Å². The van der Waals surface area contributed by atoms with Crippen molar-refractivity contribution in [1.82, 2.24) is 0 Å². The fourth-order valence-corrected chi connectivity index (χ4v) is 0.721. The summed E-state index contributed by atoms with van der Waals surface area (Å²) in [5.74, 6) is 0. The summed E-state index contributed by atoms with van der Waals surface area (Å²) in [6, 6.07) is 0. The molecule has 0 aromatic rings. The summed E-state index contributed by atoms with van der Waals surface area (Å²) < 4.78 is 0. The standard InChI is InChI=1S/C7H8ClN/c1-6-3-2-4-7(8)9-5-6/h2-5,7H,1H3. The largest absolute Gasteiger partial charge is 0.269 e. The third-order valence-electron chi connectivity index (χ3n) is 1.05. The summed E-state index contributed by atoms with van der Waals surface area (Å²) >= 11 is 5.67. The van der Waals surface area contributed by atoms with Gasteiger partial charge in [0, 0.05) is 6.21 Å². The summed E-state index contributed by atoms with van der Waals surface area (Å²) in [5.41, 5.74) is 0.952. The maximum Gasteiger partial charge on any atom is 0.142 e. The van der Waals surface area contributed by atoms with Gasteiger partial charge in [-0.1, -0.05) is 23.8 Å². The van der Waals surface area contributed by atoms with E-state index in [-0.39, 0.29) is 5.50 Å². The third-order valence-corrected chi connectivity index (χ3v) is 1.31. The number of allylic oxidation sites excluding steroid dienone is 3. The van der Waals surface area contributed by atoms with Crippen molar-refractivity contribution in [2.24, 2.45) is 4.99 Å². The predicted octanol–water partition coefficient (Wildman–Crippen LogP) is 2.14. The Labute approximate surface area is 59.7 Å². The van der Waals surface area contributed by atoms with Crippen LogP contribution < -0.4 is 0 Å². The molecule has 9 heavy (non-hydrogen) atoms. The van der Waals surface area contributed by atoms with Crippen LogP contribution in [0.2, 0.25) is 0 Å². The minimum Gasteiger partial charge on any atom is -0.269 e. The van der Waals surface area contributed by atoms with Gasteiger partial charge in [-0.05, 0) is 18.6 Å². The third kappa shape index (κ3) is 2.02. The van der Waals surface area contributed by atoms with Crippen LogP contribution >= 0.6 is 11.6 Å². The van der Waals surface area contributed by atoms with Crippen LogP contribution in [0, 0.1) is 0 Å². The van der Waals surface area contributed by atoms with Crippen LogP contribution in [-0.4, -0.2) is 11.7 Å². The van der Waals surface area contributed by atoms with E-state index in [9.17, 15) is 0 Å². The van der Waals surface area contributed by atoms with Crippen molar-refractivity contribution in [2.75, 3.05) is 0 Å². The summed E-state index contributed by atoms with van der Waals surface area (Å²) in [7, 11) is 0. The molecule has 0 aromatic heterocycles. The maximum atomic E-state index is 5.67. The first-order valence-electron chi connectivity index (χ1n) is 2.81. The Hall–Kier alpha value is -0.560. The van der Waals surface area contributed by atoms with Gasteiger partial charge in [-0.3, -0.25) is 4.99 Å². The average Bonchev–Trinajstić information content (AvgIpc) is 1.97. The highest BCUT2D eigenvalue weighted by molar-refractivity contribution is 6.22. The molecule has 0 N–H and O–H groups in total. The second-order valence-corrected chi connectivity index (χ2v) is 2.39. The van der Waals surface area contributed by atoms with E-state index >= 15 is 0 Å². The van der Waals surface area contributed by atoms with E-state index in [1.54, 1.807) is 6.21 Å². The molecule has 0 amide bonds. The Morgan fingerprint density at radius 1 is 1.67 bits per heavy atom. The summed E-state index contributed by atoms with van der Waals surface area (Å²) in [6.07, 6.45) is 7.51. The Balaban J connectivity index is 2.75. The molecule has 1 aliphatic heterocycles. The molecular formula is C7H8ClN. The minimum absolute atomic E-state index is 0.182. The van der Waals surface area contributed by atoms with Crippen LogP contribution in [0.4, 0.5) is 0 Å². The first-order valence-corrected chi connectivity index (χ1v) is 3.25. The second-order valence-electron chi connectivity index (χ2n) is 1.95. The molecule has 0 saturated heterocycles. The molecule has 0 bridgehead atoms. The Morgan fingerprint density at radius 2 is 2.44 bits per heavy atom. The molecule has 1 rings (SSSR count). The number of hydrogen-bond acceptors (Lipinski definition) is 1. The first-order chi connectivity index (χ1) is 4.29. The molecule has 48 valence electrons. The lowest BCUT2D eigenvalue weighted by molar-refractivity contribution is 1.16. The number of alkyl halides is 1. The molecule has 0 fully saturated rings. The molecule has 0 saturated carbocycles. The Morgan fingerprint density at radius 3 is 3.22 bits per heavy atom.